The highest BCUT2D eigenvalue weighted by molar-refractivity contribution is 7.80. The van der Waals surface area contributed by atoms with Crippen LogP contribution in [0.1, 0.15) is 17.5 Å². The number of pyridine rings is 2. The Balaban J connectivity index is 1.70. The number of aryl methyl sites for hydroxylation is 1. The number of benzene rings is 1. The standard InChI is InChI=1S/C26H29F3N6O6S/c1-14-9-17(13-32-23(14)33(2)3)35(42(38)39)19-6-8-34(24(19)36)20(25(37)40-4)11-16-10-15-5-7-31-22(30)18(15)12-21(16)41-26(27,28)29/h5,7,9-10,12-13,19-20H,6,8,11H2,1-4H3,(H2,30,31)(H,38,39)/p-1/t19-,20+/m0/s1. The molecule has 226 valence electrons. The van der Waals surface area contributed by atoms with E-state index in [0.29, 0.717) is 16.8 Å². The number of carbonyl (C=O) groups excluding carboxylic acids is 2. The first kappa shape index (κ1) is 30.8. The van der Waals surface area contributed by atoms with Gasteiger partial charge in [-0.15, -0.1) is 13.2 Å². The van der Waals surface area contributed by atoms with Gasteiger partial charge >= 0.3 is 12.3 Å². The van der Waals surface area contributed by atoms with Gasteiger partial charge in [-0.05, 0) is 54.1 Å². The van der Waals surface area contributed by atoms with E-state index in [1.54, 1.807) is 32.0 Å². The van der Waals surface area contributed by atoms with Crippen molar-refractivity contribution in [1.82, 2.24) is 14.9 Å². The largest absolute Gasteiger partial charge is 0.755 e. The van der Waals surface area contributed by atoms with E-state index in [2.05, 4.69) is 14.7 Å². The molecule has 16 heteroatoms. The first-order chi connectivity index (χ1) is 19.7. The minimum absolute atomic E-state index is 0.000614. The van der Waals surface area contributed by atoms with Crippen molar-refractivity contribution in [2.45, 2.75) is 38.2 Å². The molecule has 1 saturated heterocycles. The number of alkyl halides is 3. The van der Waals surface area contributed by atoms with Crippen molar-refractivity contribution in [2.75, 3.05) is 42.7 Å². The maximum absolute atomic E-state index is 13.6. The van der Waals surface area contributed by atoms with Crippen molar-refractivity contribution in [1.29, 1.82) is 0 Å². The number of halogens is 3. The number of carbonyl (C=O) groups is 2. The summed E-state index contributed by atoms with van der Waals surface area (Å²) in [4.78, 5) is 37.6. The van der Waals surface area contributed by atoms with Crippen LogP contribution in [0.3, 0.4) is 0 Å². The van der Waals surface area contributed by atoms with Crippen LogP contribution in [0.2, 0.25) is 0 Å². The van der Waals surface area contributed by atoms with Crippen LogP contribution < -0.4 is 19.7 Å². The van der Waals surface area contributed by atoms with E-state index in [9.17, 15) is 31.5 Å². The molecule has 0 radical (unpaired) electrons. The molecule has 2 aromatic heterocycles. The lowest BCUT2D eigenvalue weighted by atomic mass is 10.00. The van der Waals surface area contributed by atoms with E-state index < -0.39 is 53.8 Å². The van der Waals surface area contributed by atoms with Crippen LogP contribution in [0.25, 0.3) is 10.8 Å². The predicted octanol–water partition coefficient (Wildman–Crippen LogP) is 2.47. The topological polar surface area (TPSA) is 154 Å². The number of methoxy groups -OCH3 is 1. The highest BCUT2D eigenvalue weighted by Crippen LogP contribution is 2.35. The number of likely N-dealkylation sites (tertiary alicyclic amines) is 1. The van der Waals surface area contributed by atoms with Gasteiger partial charge in [-0.3, -0.25) is 13.3 Å². The molecule has 1 aliphatic heterocycles. The van der Waals surface area contributed by atoms with E-state index in [1.165, 1.54) is 24.5 Å². The normalized spacial score (nSPS) is 16.8. The monoisotopic (exact) mass is 609 g/mol. The summed E-state index contributed by atoms with van der Waals surface area (Å²) >= 11 is -2.90. The van der Waals surface area contributed by atoms with E-state index in [0.717, 1.165) is 22.4 Å². The summed E-state index contributed by atoms with van der Waals surface area (Å²) in [6, 6.07) is 2.91. The van der Waals surface area contributed by atoms with Crippen molar-refractivity contribution in [3.05, 3.63) is 47.8 Å². The van der Waals surface area contributed by atoms with Gasteiger partial charge in [0.05, 0.1) is 19.0 Å². The van der Waals surface area contributed by atoms with Gasteiger partial charge in [0.25, 0.3) is 0 Å². The Kier molecular flexibility index (Phi) is 8.77. The third-order valence-electron chi connectivity index (χ3n) is 6.83. The molecule has 4 rings (SSSR count). The molecule has 1 unspecified atom stereocenters. The Morgan fingerprint density at radius 2 is 2.00 bits per heavy atom. The van der Waals surface area contributed by atoms with Crippen LogP contribution in [-0.2, 0) is 32.0 Å². The van der Waals surface area contributed by atoms with Crippen molar-refractivity contribution in [3.63, 3.8) is 0 Å². The maximum atomic E-state index is 13.6. The molecule has 3 atom stereocenters. The van der Waals surface area contributed by atoms with Gasteiger partial charge in [0, 0.05) is 49.9 Å². The molecule has 0 aliphatic carbocycles. The Labute approximate surface area is 241 Å². The second kappa shape index (κ2) is 12.0. The SMILES string of the molecule is COC(=O)[C@@H](Cc1cc2ccnc(N)c2cc1OC(F)(F)F)N1CC[C@H](N(c2cnc(N(C)C)c(C)c2)S(=O)[O-])C1=O. The minimum Gasteiger partial charge on any atom is -0.755 e. The molecule has 0 spiro atoms. The molecule has 3 heterocycles. The van der Waals surface area contributed by atoms with Crippen LogP contribution in [0, 0.1) is 6.92 Å². The van der Waals surface area contributed by atoms with E-state index in [1.807, 2.05) is 0 Å². The van der Waals surface area contributed by atoms with E-state index in [4.69, 9.17) is 10.5 Å². The second-order valence-corrected chi connectivity index (χ2v) is 10.6. The molecular weight excluding hydrogens is 581 g/mol. The minimum atomic E-state index is -5.07. The van der Waals surface area contributed by atoms with Crippen LogP contribution in [0.4, 0.5) is 30.5 Å². The summed E-state index contributed by atoms with van der Waals surface area (Å²) in [5.74, 6) is -1.68. The smallest absolute Gasteiger partial charge is 0.573 e. The first-order valence-corrected chi connectivity index (χ1v) is 13.6. The third-order valence-corrected chi connectivity index (χ3v) is 7.62. The summed E-state index contributed by atoms with van der Waals surface area (Å²) in [6.45, 7) is 1.67. The summed E-state index contributed by atoms with van der Waals surface area (Å²) in [5, 5.41) is 0.628. The van der Waals surface area contributed by atoms with Crippen molar-refractivity contribution in [2.24, 2.45) is 0 Å². The van der Waals surface area contributed by atoms with E-state index in [-0.39, 0.29) is 35.4 Å². The van der Waals surface area contributed by atoms with Gasteiger partial charge in [-0.2, -0.15) is 0 Å². The van der Waals surface area contributed by atoms with Crippen LogP contribution in [-0.4, -0.2) is 81.7 Å². The number of nitrogens with two attached hydrogens (primary N) is 1. The fourth-order valence-corrected chi connectivity index (χ4v) is 5.72. The fraction of sp³-hybridized carbons (Fsp3) is 0.385. The molecule has 0 bridgehead atoms. The number of amides is 1. The Hall–Kier alpha value is -4.18. The van der Waals surface area contributed by atoms with Crippen molar-refractivity contribution in [3.8, 4) is 5.75 Å². The Morgan fingerprint density at radius 3 is 2.60 bits per heavy atom. The van der Waals surface area contributed by atoms with Gasteiger partial charge < -0.3 is 29.6 Å². The van der Waals surface area contributed by atoms with Gasteiger partial charge in [-0.1, -0.05) is 0 Å². The van der Waals surface area contributed by atoms with Gasteiger partial charge in [-0.25, -0.2) is 14.8 Å². The molecule has 3 aromatic rings. The molecular formula is C26H28F3N6O6S-. The summed E-state index contributed by atoms with van der Waals surface area (Å²) in [5.41, 5.74) is 6.58. The van der Waals surface area contributed by atoms with Crippen LogP contribution in [0.15, 0.2) is 36.7 Å². The lowest BCUT2D eigenvalue weighted by Crippen LogP contribution is -2.49. The lowest BCUT2D eigenvalue weighted by Gasteiger charge is -2.32. The predicted molar refractivity (Wildman–Crippen MR) is 147 cm³/mol. The number of hydrogen-bond acceptors (Lipinski definition) is 10. The number of esters is 1. The summed E-state index contributed by atoms with van der Waals surface area (Å²) in [6.07, 6.45) is -2.80. The van der Waals surface area contributed by atoms with Crippen molar-refractivity contribution < 1.29 is 41.0 Å². The number of nitrogens with zero attached hydrogens (tertiary/aromatic N) is 5. The summed E-state index contributed by atoms with van der Waals surface area (Å²) < 4.78 is 74.7. The zero-order valence-corrected chi connectivity index (χ0v) is 23.9. The second-order valence-electron chi connectivity index (χ2n) is 9.78. The van der Waals surface area contributed by atoms with Crippen LogP contribution >= 0.6 is 0 Å². The molecule has 1 amide bonds. The summed E-state index contributed by atoms with van der Waals surface area (Å²) in [7, 11) is 4.62. The zero-order valence-electron chi connectivity index (χ0n) is 23.0. The Bertz CT molecular complexity index is 1540. The maximum Gasteiger partial charge on any atom is 0.573 e. The number of nitrogen functional groups attached to an aromatic ring is 1. The molecule has 1 aromatic carbocycles. The van der Waals surface area contributed by atoms with Crippen LogP contribution in [0.5, 0.6) is 5.75 Å². The number of anilines is 3. The number of fused-ring (bicyclic) bond motifs is 1. The van der Waals surface area contributed by atoms with Gasteiger partial charge in [0.15, 0.2) is 0 Å². The third kappa shape index (κ3) is 6.33. The molecule has 0 saturated carbocycles. The number of ether oxygens (including phenoxy) is 2. The highest BCUT2D eigenvalue weighted by atomic mass is 32.2. The molecule has 12 nitrogen and oxygen atoms in total. The number of hydrogen-bond donors (Lipinski definition) is 1. The number of rotatable bonds is 9. The quantitative estimate of drug-likeness (QED) is 0.283. The first-order valence-electron chi connectivity index (χ1n) is 12.6. The number of aromatic nitrogens is 2. The van der Waals surface area contributed by atoms with Crippen molar-refractivity contribution >= 4 is 51.2 Å². The molecule has 42 heavy (non-hydrogen) atoms. The fourth-order valence-electron chi connectivity index (χ4n) is 5.04. The zero-order chi connectivity index (χ0) is 30.9. The average molecular weight is 610 g/mol. The van der Waals surface area contributed by atoms with E-state index >= 15 is 0 Å². The van der Waals surface area contributed by atoms with Gasteiger partial charge in [0.1, 0.15) is 29.5 Å². The molecule has 2 N–H and O–H groups in total. The lowest BCUT2D eigenvalue weighted by molar-refractivity contribution is -0.274. The highest BCUT2D eigenvalue weighted by Gasteiger charge is 2.43. The Morgan fingerprint density at radius 1 is 1.29 bits per heavy atom. The van der Waals surface area contributed by atoms with Gasteiger partial charge in [0.2, 0.25) is 5.91 Å². The molecule has 1 aliphatic rings. The molecule has 1 fully saturated rings. The average Bonchev–Trinajstić information content (AvgIpc) is 3.26.